The summed E-state index contributed by atoms with van der Waals surface area (Å²) in [6, 6.07) is 9.80. The van der Waals surface area contributed by atoms with Crippen molar-refractivity contribution in [2.45, 2.75) is 6.54 Å². The number of phenolic OH excluding ortho intramolecular Hbond substituents is 1. The van der Waals surface area contributed by atoms with E-state index in [0.29, 0.717) is 31.2 Å². The van der Waals surface area contributed by atoms with Gasteiger partial charge in [-0.05, 0) is 36.4 Å². The molecule has 0 fully saturated rings. The van der Waals surface area contributed by atoms with E-state index in [9.17, 15) is 9.90 Å². The summed E-state index contributed by atoms with van der Waals surface area (Å²) in [6.07, 6.45) is 1.62. The van der Waals surface area contributed by atoms with Gasteiger partial charge in [-0.1, -0.05) is 0 Å². The Morgan fingerprint density at radius 1 is 1.13 bits per heavy atom. The van der Waals surface area contributed by atoms with E-state index < -0.39 is 0 Å². The largest absolute Gasteiger partial charge is 0.508 e. The number of hydrogen-bond donors (Lipinski definition) is 4. The highest BCUT2D eigenvalue weighted by molar-refractivity contribution is 5.94. The van der Waals surface area contributed by atoms with Gasteiger partial charge in [0, 0.05) is 25.7 Å². The Labute approximate surface area is 134 Å². The third-order valence-corrected chi connectivity index (χ3v) is 3.07. The number of nitrogens with zero attached hydrogens (tertiary/aromatic N) is 1. The molecule has 4 N–H and O–H groups in total. The summed E-state index contributed by atoms with van der Waals surface area (Å²) in [5.74, 6) is 1.38. The van der Waals surface area contributed by atoms with Crippen molar-refractivity contribution in [2.24, 2.45) is 4.99 Å². The van der Waals surface area contributed by atoms with Crippen molar-refractivity contribution in [3.05, 3.63) is 54.0 Å². The third kappa shape index (κ3) is 5.39. The van der Waals surface area contributed by atoms with Gasteiger partial charge in [-0.15, -0.1) is 0 Å². The van der Waals surface area contributed by atoms with E-state index >= 15 is 0 Å². The quantitative estimate of drug-likeness (QED) is 0.363. The zero-order chi connectivity index (χ0) is 16.5. The summed E-state index contributed by atoms with van der Waals surface area (Å²) in [6.45, 7) is 1.51. The van der Waals surface area contributed by atoms with Crippen molar-refractivity contribution in [3.63, 3.8) is 0 Å². The Morgan fingerprint density at radius 2 is 1.87 bits per heavy atom. The fourth-order valence-electron chi connectivity index (χ4n) is 1.88. The minimum Gasteiger partial charge on any atom is -0.508 e. The predicted octanol–water partition coefficient (Wildman–Crippen LogP) is 1.08. The highest BCUT2D eigenvalue weighted by Crippen LogP contribution is 2.09. The maximum Gasteiger partial charge on any atom is 0.251 e. The van der Waals surface area contributed by atoms with Gasteiger partial charge in [0.1, 0.15) is 11.5 Å². The van der Waals surface area contributed by atoms with Gasteiger partial charge in [-0.25, -0.2) is 0 Å². The van der Waals surface area contributed by atoms with Crippen LogP contribution in [0.5, 0.6) is 5.75 Å². The number of carbonyl (C=O) groups is 1. The van der Waals surface area contributed by atoms with Crippen molar-refractivity contribution >= 4 is 11.9 Å². The lowest BCUT2D eigenvalue weighted by Crippen LogP contribution is -2.41. The fraction of sp³-hybridized carbons (Fsp3) is 0.250. The molecule has 0 radical (unpaired) electrons. The van der Waals surface area contributed by atoms with Crippen molar-refractivity contribution in [3.8, 4) is 5.75 Å². The molecule has 1 heterocycles. The maximum absolute atomic E-state index is 11.9. The van der Waals surface area contributed by atoms with Gasteiger partial charge in [0.25, 0.3) is 5.91 Å². The first-order valence-electron chi connectivity index (χ1n) is 7.23. The van der Waals surface area contributed by atoms with Gasteiger partial charge in [0.15, 0.2) is 5.96 Å². The summed E-state index contributed by atoms with van der Waals surface area (Å²) in [7, 11) is 1.67. The van der Waals surface area contributed by atoms with Crippen LogP contribution in [-0.2, 0) is 6.54 Å². The molecule has 1 amide bonds. The van der Waals surface area contributed by atoms with Crippen LogP contribution in [0.15, 0.2) is 52.1 Å². The molecule has 23 heavy (non-hydrogen) atoms. The molecule has 0 saturated heterocycles. The number of rotatable bonds is 6. The number of phenols is 1. The monoisotopic (exact) mass is 316 g/mol. The molecule has 0 aliphatic carbocycles. The zero-order valence-electron chi connectivity index (χ0n) is 12.9. The van der Waals surface area contributed by atoms with Gasteiger partial charge in [-0.3, -0.25) is 9.79 Å². The molecule has 2 aromatic rings. The minimum absolute atomic E-state index is 0.134. The van der Waals surface area contributed by atoms with E-state index in [2.05, 4.69) is 20.9 Å². The average Bonchev–Trinajstić information content (AvgIpc) is 3.08. The van der Waals surface area contributed by atoms with Crippen LogP contribution < -0.4 is 16.0 Å². The van der Waals surface area contributed by atoms with Crippen LogP contribution in [0.3, 0.4) is 0 Å². The SMILES string of the molecule is CN=C(NCCNC(=O)c1ccc(O)cc1)NCc1ccco1. The summed E-state index contributed by atoms with van der Waals surface area (Å²) in [4.78, 5) is 16.0. The molecule has 0 unspecified atom stereocenters. The van der Waals surface area contributed by atoms with E-state index in [1.165, 1.54) is 12.1 Å². The Balaban J connectivity index is 1.67. The van der Waals surface area contributed by atoms with Gasteiger partial charge in [0.2, 0.25) is 0 Å². The second-order valence-corrected chi connectivity index (χ2v) is 4.73. The molecule has 0 bridgehead atoms. The molecule has 7 heteroatoms. The molecule has 0 saturated carbocycles. The first-order valence-corrected chi connectivity index (χ1v) is 7.23. The van der Waals surface area contributed by atoms with Crippen LogP contribution >= 0.6 is 0 Å². The number of nitrogens with one attached hydrogen (secondary N) is 3. The van der Waals surface area contributed by atoms with Gasteiger partial charge >= 0.3 is 0 Å². The molecule has 2 rings (SSSR count). The van der Waals surface area contributed by atoms with Gasteiger partial charge in [0.05, 0.1) is 12.8 Å². The zero-order valence-corrected chi connectivity index (χ0v) is 12.9. The Kier molecular flexibility index (Phi) is 6.05. The van der Waals surface area contributed by atoms with Crippen molar-refractivity contribution in [2.75, 3.05) is 20.1 Å². The standard InChI is InChI=1S/C16H20N4O3/c1-17-16(20-11-14-3-2-10-23-14)19-9-8-18-15(22)12-4-6-13(21)7-5-12/h2-7,10,21H,8-9,11H2,1H3,(H,18,22)(H2,17,19,20). The lowest BCUT2D eigenvalue weighted by Gasteiger charge is -2.11. The molecule has 1 aromatic carbocycles. The summed E-state index contributed by atoms with van der Waals surface area (Å²) in [5.41, 5.74) is 0.503. The summed E-state index contributed by atoms with van der Waals surface area (Å²) >= 11 is 0. The van der Waals surface area contributed by atoms with Crippen molar-refractivity contribution in [1.82, 2.24) is 16.0 Å². The molecule has 7 nitrogen and oxygen atoms in total. The minimum atomic E-state index is -0.190. The molecule has 122 valence electrons. The fourth-order valence-corrected chi connectivity index (χ4v) is 1.88. The molecule has 0 atom stereocenters. The number of benzene rings is 1. The number of aliphatic imine (C=N–C) groups is 1. The molecule has 0 aliphatic heterocycles. The van der Waals surface area contributed by atoms with E-state index in [1.807, 2.05) is 12.1 Å². The number of hydrogen-bond acceptors (Lipinski definition) is 4. The van der Waals surface area contributed by atoms with Crippen LogP contribution in [-0.4, -0.2) is 37.1 Å². The predicted molar refractivity (Wildman–Crippen MR) is 87.3 cm³/mol. The highest BCUT2D eigenvalue weighted by atomic mass is 16.3. The molecule has 1 aromatic heterocycles. The average molecular weight is 316 g/mol. The van der Waals surface area contributed by atoms with E-state index in [1.54, 1.807) is 25.4 Å². The van der Waals surface area contributed by atoms with E-state index in [4.69, 9.17) is 4.42 Å². The van der Waals surface area contributed by atoms with Crippen LogP contribution in [0.1, 0.15) is 16.1 Å². The number of amides is 1. The molecule has 0 aliphatic rings. The summed E-state index contributed by atoms with van der Waals surface area (Å²) < 4.78 is 5.22. The van der Waals surface area contributed by atoms with E-state index in [0.717, 1.165) is 5.76 Å². The maximum atomic E-state index is 11.9. The molecular formula is C16H20N4O3. The van der Waals surface area contributed by atoms with E-state index in [-0.39, 0.29) is 11.7 Å². The van der Waals surface area contributed by atoms with Gasteiger partial charge < -0.3 is 25.5 Å². The van der Waals surface area contributed by atoms with Gasteiger partial charge in [-0.2, -0.15) is 0 Å². The van der Waals surface area contributed by atoms with Crippen molar-refractivity contribution in [1.29, 1.82) is 0 Å². The number of guanidine groups is 1. The van der Waals surface area contributed by atoms with Crippen LogP contribution in [0, 0.1) is 0 Å². The first-order chi connectivity index (χ1) is 11.2. The smallest absolute Gasteiger partial charge is 0.251 e. The molecular weight excluding hydrogens is 296 g/mol. The van der Waals surface area contributed by atoms with Crippen LogP contribution in [0.2, 0.25) is 0 Å². The number of aromatic hydroxyl groups is 1. The third-order valence-electron chi connectivity index (χ3n) is 3.07. The number of furan rings is 1. The summed E-state index contributed by atoms with van der Waals surface area (Å²) in [5, 5.41) is 18.2. The second kappa shape index (κ2) is 8.47. The van der Waals surface area contributed by atoms with Crippen LogP contribution in [0.25, 0.3) is 0 Å². The highest BCUT2D eigenvalue weighted by Gasteiger charge is 2.04. The lowest BCUT2D eigenvalue weighted by atomic mass is 10.2. The number of carbonyl (C=O) groups excluding carboxylic acids is 1. The lowest BCUT2D eigenvalue weighted by molar-refractivity contribution is 0.0954. The topological polar surface area (TPSA) is 98.9 Å². The Hall–Kier alpha value is -2.96. The van der Waals surface area contributed by atoms with Crippen LogP contribution in [0.4, 0.5) is 0 Å². The normalized spacial score (nSPS) is 11.1. The first kappa shape index (κ1) is 16.4. The Morgan fingerprint density at radius 3 is 2.52 bits per heavy atom. The molecule has 0 spiro atoms. The second-order valence-electron chi connectivity index (χ2n) is 4.73. The Bertz CT molecular complexity index is 636. The van der Waals surface area contributed by atoms with Crippen molar-refractivity contribution < 1.29 is 14.3 Å².